The van der Waals surface area contributed by atoms with E-state index in [1.165, 1.54) is 42.8 Å². The molecule has 0 saturated heterocycles. The third-order valence-corrected chi connectivity index (χ3v) is 3.72. The van der Waals surface area contributed by atoms with Crippen molar-refractivity contribution in [2.24, 2.45) is 10.2 Å². The molecular weight excluding hydrogens is 360 g/mol. The highest BCUT2D eigenvalue weighted by Crippen LogP contribution is 2.22. The van der Waals surface area contributed by atoms with Crippen molar-refractivity contribution in [2.45, 2.75) is 39.0 Å². The Labute approximate surface area is 155 Å². The summed E-state index contributed by atoms with van der Waals surface area (Å²) in [4.78, 5) is 0. The van der Waals surface area contributed by atoms with Gasteiger partial charge in [0.1, 0.15) is 11.6 Å². The Bertz CT molecular complexity index is 784. The van der Waals surface area contributed by atoms with Crippen LogP contribution >= 0.6 is 0 Å². The molecule has 0 heterocycles. The van der Waals surface area contributed by atoms with Gasteiger partial charge in [-0.15, -0.1) is 13.2 Å². The van der Waals surface area contributed by atoms with E-state index in [0.717, 1.165) is 31.2 Å². The van der Waals surface area contributed by atoms with Crippen molar-refractivity contribution in [1.29, 1.82) is 0 Å². The fourth-order valence-electron chi connectivity index (χ4n) is 2.36. The summed E-state index contributed by atoms with van der Waals surface area (Å²) in [5.41, 5.74) is 1.80. The minimum Gasteiger partial charge on any atom is -0.406 e. The first-order valence-electron chi connectivity index (χ1n) is 8.58. The first-order chi connectivity index (χ1) is 12.9. The Morgan fingerprint density at radius 1 is 0.963 bits per heavy atom. The van der Waals surface area contributed by atoms with Gasteiger partial charge in [-0.3, -0.25) is 0 Å². The van der Waals surface area contributed by atoms with E-state index in [9.17, 15) is 17.6 Å². The van der Waals surface area contributed by atoms with Crippen LogP contribution in [0, 0.1) is 5.82 Å². The van der Waals surface area contributed by atoms with Crippen LogP contribution in [0.5, 0.6) is 5.75 Å². The Morgan fingerprint density at radius 3 is 2.30 bits per heavy atom. The first kappa shape index (κ1) is 20.6. The van der Waals surface area contributed by atoms with E-state index in [2.05, 4.69) is 21.9 Å². The number of aryl methyl sites for hydroxylation is 1. The third kappa shape index (κ3) is 7.60. The minimum absolute atomic E-state index is 0.316. The van der Waals surface area contributed by atoms with Gasteiger partial charge in [-0.05, 0) is 54.3 Å². The largest absolute Gasteiger partial charge is 0.573 e. The lowest BCUT2D eigenvalue weighted by atomic mass is 10.1. The fourth-order valence-corrected chi connectivity index (χ4v) is 2.36. The van der Waals surface area contributed by atoms with Gasteiger partial charge < -0.3 is 4.74 Å². The summed E-state index contributed by atoms with van der Waals surface area (Å²) in [6, 6.07) is 10.2. The zero-order valence-electron chi connectivity index (χ0n) is 14.8. The smallest absolute Gasteiger partial charge is 0.406 e. The fraction of sp³-hybridized carbons (Fsp3) is 0.300. The van der Waals surface area contributed by atoms with E-state index in [1.807, 2.05) is 6.07 Å². The van der Waals surface area contributed by atoms with Gasteiger partial charge in [0.15, 0.2) is 0 Å². The van der Waals surface area contributed by atoms with Gasteiger partial charge in [-0.25, -0.2) is 4.39 Å². The van der Waals surface area contributed by atoms with E-state index < -0.39 is 6.36 Å². The molecule has 0 bridgehead atoms. The number of halogens is 4. The molecule has 2 aromatic carbocycles. The number of ether oxygens (including phenoxy) is 1. The molecule has 7 heteroatoms. The van der Waals surface area contributed by atoms with Crippen LogP contribution in [-0.2, 0) is 6.42 Å². The highest BCUT2D eigenvalue weighted by atomic mass is 19.4. The van der Waals surface area contributed by atoms with Crippen LogP contribution in [0.4, 0.5) is 17.6 Å². The molecular formula is C20H20F4N2O. The maximum atomic E-state index is 14.0. The maximum Gasteiger partial charge on any atom is 0.573 e. The average molecular weight is 380 g/mol. The van der Waals surface area contributed by atoms with Crippen LogP contribution in [0.25, 0.3) is 0 Å². The molecule has 2 rings (SSSR count). The summed E-state index contributed by atoms with van der Waals surface area (Å²) in [5.74, 6) is -0.680. The molecule has 0 saturated carbocycles. The van der Waals surface area contributed by atoms with Crippen molar-refractivity contribution in [3.63, 3.8) is 0 Å². The van der Waals surface area contributed by atoms with Gasteiger partial charge in [0, 0.05) is 5.56 Å². The molecule has 144 valence electrons. The Kier molecular flexibility index (Phi) is 7.52. The number of alkyl halides is 3. The second-order valence-electron chi connectivity index (χ2n) is 5.92. The van der Waals surface area contributed by atoms with Gasteiger partial charge in [0.05, 0.1) is 12.4 Å². The third-order valence-electron chi connectivity index (χ3n) is 3.72. The number of unbranched alkanes of at least 4 members (excludes halogenated alkanes) is 2. The molecule has 0 N–H and O–H groups in total. The monoisotopic (exact) mass is 380 g/mol. The number of hydrogen-bond donors (Lipinski definition) is 0. The van der Waals surface area contributed by atoms with Crippen molar-refractivity contribution < 1.29 is 22.3 Å². The SMILES string of the molecule is CCCCCc1ccc(C=NN=Cc2ccc(OC(F)(F)F)cc2)c(F)c1. The lowest BCUT2D eigenvalue weighted by molar-refractivity contribution is -0.274. The van der Waals surface area contributed by atoms with E-state index in [0.29, 0.717) is 11.1 Å². The molecule has 3 nitrogen and oxygen atoms in total. The average Bonchev–Trinajstić information content (AvgIpc) is 2.60. The van der Waals surface area contributed by atoms with Crippen molar-refractivity contribution in [3.05, 3.63) is 65.0 Å². The molecule has 0 fully saturated rings. The molecule has 0 aromatic heterocycles. The van der Waals surface area contributed by atoms with Gasteiger partial charge in [-0.1, -0.05) is 31.9 Å². The summed E-state index contributed by atoms with van der Waals surface area (Å²) in [7, 11) is 0. The van der Waals surface area contributed by atoms with Crippen molar-refractivity contribution >= 4 is 12.4 Å². The predicted octanol–water partition coefficient (Wildman–Crippen LogP) is 5.91. The quantitative estimate of drug-likeness (QED) is 0.243. The maximum absolute atomic E-state index is 14.0. The molecule has 0 aliphatic heterocycles. The van der Waals surface area contributed by atoms with Crippen LogP contribution in [0.15, 0.2) is 52.7 Å². The molecule has 2 aromatic rings. The minimum atomic E-state index is -4.73. The summed E-state index contributed by atoms with van der Waals surface area (Å²) < 4.78 is 54.1. The Morgan fingerprint density at radius 2 is 1.67 bits per heavy atom. The lowest BCUT2D eigenvalue weighted by Crippen LogP contribution is -2.16. The highest BCUT2D eigenvalue weighted by molar-refractivity contribution is 5.83. The van der Waals surface area contributed by atoms with E-state index in [-0.39, 0.29) is 11.6 Å². The summed E-state index contributed by atoms with van der Waals surface area (Å²) in [6.45, 7) is 2.12. The predicted molar refractivity (Wildman–Crippen MR) is 97.9 cm³/mol. The van der Waals surface area contributed by atoms with Crippen molar-refractivity contribution in [3.8, 4) is 5.75 Å². The standard InChI is InChI=1S/C20H20F4N2O/c1-2-3-4-5-15-6-9-17(19(21)12-15)14-26-25-13-16-7-10-18(11-8-16)27-20(22,23)24/h6-14H,2-5H2,1H3. The number of hydrogen-bond acceptors (Lipinski definition) is 3. The molecule has 0 unspecified atom stereocenters. The zero-order chi connectivity index (χ0) is 19.7. The molecule has 0 atom stereocenters. The molecule has 27 heavy (non-hydrogen) atoms. The molecule has 0 radical (unpaired) electrons. The normalized spacial score (nSPS) is 12.2. The lowest BCUT2D eigenvalue weighted by Gasteiger charge is -2.08. The van der Waals surface area contributed by atoms with Gasteiger partial charge in [-0.2, -0.15) is 10.2 Å². The van der Waals surface area contributed by atoms with Crippen molar-refractivity contribution in [1.82, 2.24) is 0 Å². The van der Waals surface area contributed by atoms with Gasteiger partial charge in [0.2, 0.25) is 0 Å². The van der Waals surface area contributed by atoms with Crippen LogP contribution < -0.4 is 4.74 Å². The summed E-state index contributed by atoms with van der Waals surface area (Å²) >= 11 is 0. The van der Waals surface area contributed by atoms with E-state index in [1.54, 1.807) is 6.07 Å². The van der Waals surface area contributed by atoms with Crippen LogP contribution in [0.2, 0.25) is 0 Å². The van der Waals surface area contributed by atoms with Crippen LogP contribution in [0.3, 0.4) is 0 Å². The summed E-state index contributed by atoms with van der Waals surface area (Å²) in [6.07, 6.45) is 2.02. The van der Waals surface area contributed by atoms with Crippen LogP contribution in [0.1, 0.15) is 42.9 Å². The number of rotatable bonds is 8. The van der Waals surface area contributed by atoms with E-state index in [4.69, 9.17) is 0 Å². The second-order valence-corrected chi connectivity index (χ2v) is 5.92. The highest BCUT2D eigenvalue weighted by Gasteiger charge is 2.30. The molecule has 0 spiro atoms. The molecule has 0 aliphatic rings. The number of nitrogens with zero attached hydrogens (tertiary/aromatic N) is 2. The Hall–Kier alpha value is -2.70. The van der Waals surface area contributed by atoms with E-state index >= 15 is 0 Å². The zero-order valence-corrected chi connectivity index (χ0v) is 14.8. The van der Waals surface area contributed by atoms with Gasteiger partial charge in [0.25, 0.3) is 0 Å². The summed E-state index contributed by atoms with van der Waals surface area (Å²) in [5, 5.41) is 7.56. The second kappa shape index (κ2) is 9.85. The Balaban J connectivity index is 1.92. The molecule has 0 aliphatic carbocycles. The van der Waals surface area contributed by atoms with Crippen LogP contribution in [-0.4, -0.2) is 18.8 Å². The number of benzene rings is 2. The first-order valence-corrected chi connectivity index (χ1v) is 8.58. The van der Waals surface area contributed by atoms with Gasteiger partial charge >= 0.3 is 6.36 Å². The topological polar surface area (TPSA) is 34.0 Å². The molecule has 0 amide bonds. The van der Waals surface area contributed by atoms with Crippen molar-refractivity contribution in [2.75, 3.05) is 0 Å².